The lowest BCUT2D eigenvalue weighted by Gasteiger charge is -2.14. The second-order valence-corrected chi connectivity index (χ2v) is 8.01. The van der Waals surface area contributed by atoms with Crippen molar-refractivity contribution >= 4 is 21.3 Å². The number of phenols is 1. The third-order valence-electron chi connectivity index (χ3n) is 3.75. The summed E-state index contributed by atoms with van der Waals surface area (Å²) in [6, 6.07) is 4.04. The van der Waals surface area contributed by atoms with Gasteiger partial charge in [-0.25, -0.2) is 23.4 Å². The summed E-state index contributed by atoms with van der Waals surface area (Å²) in [5.41, 5.74) is -1.38. The SMILES string of the molecule is CCS(=O)(=O)c1ccc(O)cc1Nc1cc(C(F)(F)F)nc(-c2cnccn2)n1. The van der Waals surface area contributed by atoms with E-state index in [9.17, 15) is 26.7 Å². The molecule has 0 unspecified atom stereocenters. The van der Waals surface area contributed by atoms with Crippen LogP contribution in [0.2, 0.25) is 0 Å². The Morgan fingerprint density at radius 3 is 2.52 bits per heavy atom. The van der Waals surface area contributed by atoms with Crippen molar-refractivity contribution in [1.82, 2.24) is 19.9 Å². The second kappa shape index (κ2) is 7.62. The van der Waals surface area contributed by atoms with E-state index in [1.165, 1.54) is 31.6 Å². The van der Waals surface area contributed by atoms with Crippen LogP contribution in [0.3, 0.4) is 0 Å². The number of nitrogens with one attached hydrogen (secondary N) is 1. The minimum absolute atomic E-state index is 0.000961. The van der Waals surface area contributed by atoms with Gasteiger partial charge in [-0.3, -0.25) is 4.98 Å². The molecular formula is C17H14F3N5O3S. The average molecular weight is 425 g/mol. The van der Waals surface area contributed by atoms with Crippen molar-refractivity contribution in [2.45, 2.75) is 18.0 Å². The number of nitrogens with zero attached hydrogens (tertiary/aromatic N) is 4. The first-order chi connectivity index (χ1) is 13.6. The van der Waals surface area contributed by atoms with Crippen molar-refractivity contribution in [3.63, 3.8) is 0 Å². The Morgan fingerprint density at radius 1 is 1.14 bits per heavy atom. The summed E-state index contributed by atoms with van der Waals surface area (Å²) in [6.07, 6.45) is -0.980. The van der Waals surface area contributed by atoms with E-state index in [-0.39, 0.29) is 39.4 Å². The van der Waals surface area contributed by atoms with Crippen LogP contribution in [-0.4, -0.2) is 39.2 Å². The van der Waals surface area contributed by atoms with Crippen LogP contribution in [0.15, 0.2) is 47.8 Å². The third-order valence-corrected chi connectivity index (χ3v) is 5.54. The van der Waals surface area contributed by atoms with Gasteiger partial charge in [-0.2, -0.15) is 13.2 Å². The molecule has 0 aliphatic carbocycles. The minimum atomic E-state index is -4.78. The van der Waals surface area contributed by atoms with Crippen LogP contribution in [0.1, 0.15) is 12.6 Å². The lowest BCUT2D eigenvalue weighted by Crippen LogP contribution is -2.12. The number of hydrogen-bond donors (Lipinski definition) is 2. The zero-order valence-corrected chi connectivity index (χ0v) is 15.7. The number of phenolic OH excluding ortho intramolecular Hbond substituents is 1. The summed E-state index contributed by atoms with van der Waals surface area (Å²) < 4.78 is 64.5. The van der Waals surface area contributed by atoms with Gasteiger partial charge >= 0.3 is 6.18 Å². The maximum Gasteiger partial charge on any atom is 0.433 e. The summed E-state index contributed by atoms with van der Waals surface area (Å²) in [5.74, 6) is -1.20. The van der Waals surface area contributed by atoms with Crippen LogP contribution in [0.4, 0.5) is 24.7 Å². The van der Waals surface area contributed by atoms with Crippen molar-refractivity contribution in [2.24, 2.45) is 0 Å². The minimum Gasteiger partial charge on any atom is -0.508 e. The van der Waals surface area contributed by atoms with E-state index in [1.54, 1.807) is 0 Å². The Labute approximate surface area is 163 Å². The number of benzene rings is 1. The molecule has 0 saturated heterocycles. The Bertz CT molecular complexity index is 1140. The van der Waals surface area contributed by atoms with Gasteiger partial charge in [0.2, 0.25) is 0 Å². The van der Waals surface area contributed by atoms with Gasteiger partial charge in [0.05, 0.1) is 22.5 Å². The predicted octanol–water partition coefficient (Wildman–Crippen LogP) is 3.20. The highest BCUT2D eigenvalue weighted by atomic mass is 32.2. The Hall–Kier alpha value is -3.28. The largest absolute Gasteiger partial charge is 0.508 e. The topological polar surface area (TPSA) is 118 Å². The van der Waals surface area contributed by atoms with Crippen molar-refractivity contribution in [2.75, 3.05) is 11.1 Å². The highest BCUT2D eigenvalue weighted by molar-refractivity contribution is 7.91. The van der Waals surface area contributed by atoms with E-state index in [4.69, 9.17) is 0 Å². The molecule has 2 aromatic heterocycles. The molecule has 0 aliphatic heterocycles. The van der Waals surface area contributed by atoms with E-state index < -0.39 is 21.7 Å². The molecule has 2 heterocycles. The summed E-state index contributed by atoms with van der Waals surface area (Å²) >= 11 is 0. The van der Waals surface area contributed by atoms with Gasteiger partial charge in [-0.05, 0) is 12.1 Å². The van der Waals surface area contributed by atoms with E-state index in [2.05, 4.69) is 25.3 Å². The molecule has 0 saturated carbocycles. The van der Waals surface area contributed by atoms with Gasteiger partial charge in [0, 0.05) is 24.5 Å². The fraction of sp³-hybridized carbons (Fsp3) is 0.176. The number of halogens is 3. The van der Waals surface area contributed by atoms with Crippen LogP contribution in [0.25, 0.3) is 11.5 Å². The molecule has 0 bridgehead atoms. The zero-order chi connectivity index (χ0) is 21.2. The zero-order valence-electron chi connectivity index (χ0n) is 14.8. The Morgan fingerprint density at radius 2 is 1.90 bits per heavy atom. The quantitative estimate of drug-likeness (QED) is 0.640. The molecule has 29 heavy (non-hydrogen) atoms. The van der Waals surface area contributed by atoms with E-state index in [0.717, 1.165) is 12.1 Å². The van der Waals surface area contributed by atoms with Crippen molar-refractivity contribution in [3.8, 4) is 17.3 Å². The van der Waals surface area contributed by atoms with E-state index in [0.29, 0.717) is 6.07 Å². The second-order valence-electron chi connectivity index (χ2n) is 5.76. The van der Waals surface area contributed by atoms with E-state index >= 15 is 0 Å². The van der Waals surface area contributed by atoms with Crippen molar-refractivity contribution < 1.29 is 26.7 Å². The maximum absolute atomic E-state index is 13.3. The van der Waals surface area contributed by atoms with Gasteiger partial charge in [0.25, 0.3) is 0 Å². The maximum atomic E-state index is 13.3. The average Bonchev–Trinajstić information content (AvgIpc) is 2.67. The monoisotopic (exact) mass is 425 g/mol. The Balaban J connectivity index is 2.14. The fourth-order valence-corrected chi connectivity index (χ4v) is 3.40. The van der Waals surface area contributed by atoms with Crippen LogP contribution in [0, 0.1) is 0 Å². The molecule has 2 N–H and O–H groups in total. The van der Waals surface area contributed by atoms with Crippen LogP contribution in [-0.2, 0) is 16.0 Å². The summed E-state index contributed by atoms with van der Waals surface area (Å²) in [6.45, 7) is 1.42. The van der Waals surface area contributed by atoms with E-state index in [1.807, 2.05) is 0 Å². The summed E-state index contributed by atoms with van der Waals surface area (Å²) in [7, 11) is -3.73. The molecule has 3 aromatic rings. The number of aromatic nitrogens is 4. The highest BCUT2D eigenvalue weighted by Crippen LogP contribution is 2.33. The normalized spacial score (nSPS) is 12.0. The standard InChI is InChI=1S/C17H14F3N5O3S/c1-2-29(27,28)13-4-3-10(26)7-11(13)23-15-8-14(17(18,19)20)24-16(25-15)12-9-21-5-6-22-12/h3-9,26H,2H2,1H3,(H,23,24,25). The molecule has 12 heteroatoms. The Kier molecular flexibility index (Phi) is 5.38. The molecular weight excluding hydrogens is 411 g/mol. The van der Waals surface area contributed by atoms with Gasteiger partial charge in [-0.1, -0.05) is 6.92 Å². The number of hydrogen-bond acceptors (Lipinski definition) is 8. The predicted molar refractivity (Wildman–Crippen MR) is 97.2 cm³/mol. The molecule has 0 fully saturated rings. The van der Waals surface area contributed by atoms with Crippen molar-refractivity contribution in [1.29, 1.82) is 0 Å². The summed E-state index contributed by atoms with van der Waals surface area (Å²) in [5, 5.41) is 12.2. The van der Waals surface area contributed by atoms with Crippen LogP contribution >= 0.6 is 0 Å². The number of aromatic hydroxyl groups is 1. The van der Waals surface area contributed by atoms with Gasteiger partial charge in [0.1, 0.15) is 17.3 Å². The molecule has 0 amide bonds. The highest BCUT2D eigenvalue weighted by Gasteiger charge is 2.34. The summed E-state index contributed by atoms with van der Waals surface area (Å²) in [4.78, 5) is 14.9. The van der Waals surface area contributed by atoms with Gasteiger partial charge < -0.3 is 10.4 Å². The lowest BCUT2D eigenvalue weighted by molar-refractivity contribution is -0.141. The molecule has 8 nitrogen and oxygen atoms in total. The first-order valence-corrected chi connectivity index (χ1v) is 9.81. The first-order valence-electron chi connectivity index (χ1n) is 8.15. The lowest BCUT2D eigenvalue weighted by atomic mass is 10.3. The van der Waals surface area contributed by atoms with Gasteiger partial charge in [-0.15, -0.1) is 0 Å². The number of sulfone groups is 1. The van der Waals surface area contributed by atoms with Crippen molar-refractivity contribution in [3.05, 3.63) is 48.5 Å². The van der Waals surface area contributed by atoms with Crippen LogP contribution < -0.4 is 5.32 Å². The molecule has 1 aromatic carbocycles. The molecule has 3 rings (SSSR count). The first kappa shape index (κ1) is 20.5. The van der Waals surface area contributed by atoms with Gasteiger partial charge in [0.15, 0.2) is 21.4 Å². The smallest absolute Gasteiger partial charge is 0.433 e. The fourth-order valence-electron chi connectivity index (χ4n) is 2.37. The van der Waals surface area contributed by atoms with Crippen LogP contribution in [0.5, 0.6) is 5.75 Å². The third kappa shape index (κ3) is 4.59. The molecule has 0 aliphatic rings. The number of rotatable bonds is 5. The molecule has 0 radical (unpaired) electrons. The molecule has 152 valence electrons. The number of anilines is 2. The molecule has 0 spiro atoms. The number of alkyl halides is 3. The molecule has 0 atom stereocenters.